The van der Waals surface area contributed by atoms with E-state index < -0.39 is 17.9 Å². The van der Waals surface area contributed by atoms with Crippen molar-refractivity contribution in [3.63, 3.8) is 0 Å². The second kappa shape index (κ2) is 8.83. The Morgan fingerprint density at radius 3 is 2.50 bits per heavy atom. The molecule has 126 valence electrons. The maximum atomic E-state index is 12.3. The number of benzene rings is 1. The van der Waals surface area contributed by atoms with Crippen LogP contribution in [0.25, 0.3) is 0 Å². The molecule has 0 aliphatic heterocycles. The third kappa shape index (κ3) is 5.20. The van der Waals surface area contributed by atoms with Crippen molar-refractivity contribution in [1.82, 2.24) is 10.6 Å². The van der Waals surface area contributed by atoms with Crippen LogP contribution in [0.1, 0.15) is 15.2 Å². The minimum absolute atomic E-state index is 0.241. The zero-order valence-electron chi connectivity index (χ0n) is 13.2. The van der Waals surface area contributed by atoms with Gasteiger partial charge in [0.25, 0.3) is 5.91 Å². The Morgan fingerprint density at radius 1 is 1.12 bits per heavy atom. The Labute approximate surface area is 143 Å². The Bertz CT molecular complexity index is 686. The quantitative estimate of drug-likeness (QED) is 0.742. The van der Waals surface area contributed by atoms with Crippen molar-refractivity contribution in [2.45, 2.75) is 12.5 Å². The summed E-state index contributed by atoms with van der Waals surface area (Å²) in [6, 6.07) is 12.0. The van der Waals surface area contributed by atoms with Crippen LogP contribution in [-0.2, 0) is 20.7 Å². The first-order valence-corrected chi connectivity index (χ1v) is 8.21. The molecule has 7 heteroatoms. The van der Waals surface area contributed by atoms with Gasteiger partial charge in [0.05, 0.1) is 12.0 Å². The highest BCUT2D eigenvalue weighted by Gasteiger charge is 2.22. The monoisotopic (exact) mass is 346 g/mol. The summed E-state index contributed by atoms with van der Waals surface area (Å²) in [6.45, 7) is -0.241. The molecule has 0 saturated carbocycles. The van der Waals surface area contributed by atoms with E-state index in [-0.39, 0.29) is 12.5 Å². The van der Waals surface area contributed by atoms with E-state index in [1.807, 2.05) is 30.3 Å². The molecule has 1 heterocycles. The molecule has 24 heavy (non-hydrogen) atoms. The average Bonchev–Trinajstić information content (AvgIpc) is 3.14. The van der Waals surface area contributed by atoms with Crippen LogP contribution in [0.2, 0.25) is 0 Å². The topological polar surface area (TPSA) is 84.5 Å². The van der Waals surface area contributed by atoms with Gasteiger partial charge < -0.3 is 15.4 Å². The highest BCUT2D eigenvalue weighted by molar-refractivity contribution is 7.12. The number of nitrogens with one attached hydrogen (secondary N) is 2. The van der Waals surface area contributed by atoms with Gasteiger partial charge in [-0.25, -0.2) is 0 Å². The van der Waals surface area contributed by atoms with E-state index in [0.29, 0.717) is 11.3 Å². The van der Waals surface area contributed by atoms with Crippen molar-refractivity contribution in [1.29, 1.82) is 0 Å². The minimum atomic E-state index is -0.786. The summed E-state index contributed by atoms with van der Waals surface area (Å²) < 4.78 is 4.50. The first-order valence-electron chi connectivity index (χ1n) is 7.33. The summed E-state index contributed by atoms with van der Waals surface area (Å²) >= 11 is 1.30. The summed E-state index contributed by atoms with van der Waals surface area (Å²) in [5.41, 5.74) is 0.905. The molecule has 0 aliphatic rings. The van der Waals surface area contributed by atoms with E-state index in [2.05, 4.69) is 15.4 Å². The molecule has 2 rings (SSSR count). The molecule has 0 aliphatic carbocycles. The highest BCUT2D eigenvalue weighted by Crippen LogP contribution is 2.10. The van der Waals surface area contributed by atoms with E-state index in [1.165, 1.54) is 18.4 Å². The lowest BCUT2D eigenvalue weighted by Gasteiger charge is -2.18. The maximum absolute atomic E-state index is 12.3. The Hall–Kier alpha value is -2.67. The number of carbonyl (C=O) groups excluding carboxylic acids is 3. The van der Waals surface area contributed by atoms with Crippen LogP contribution < -0.4 is 10.6 Å². The van der Waals surface area contributed by atoms with E-state index >= 15 is 0 Å². The third-order valence-electron chi connectivity index (χ3n) is 3.28. The molecule has 0 radical (unpaired) electrons. The minimum Gasteiger partial charge on any atom is -0.468 e. The van der Waals surface area contributed by atoms with Gasteiger partial charge >= 0.3 is 5.97 Å². The molecule has 0 spiro atoms. The largest absolute Gasteiger partial charge is 0.468 e. The van der Waals surface area contributed by atoms with Crippen LogP contribution >= 0.6 is 11.3 Å². The number of ether oxygens (including phenoxy) is 1. The van der Waals surface area contributed by atoms with Crippen molar-refractivity contribution >= 4 is 29.1 Å². The molecule has 6 nitrogen and oxygen atoms in total. The van der Waals surface area contributed by atoms with Gasteiger partial charge in [0.1, 0.15) is 12.6 Å². The zero-order valence-corrected chi connectivity index (χ0v) is 14.0. The predicted octanol–water partition coefficient (Wildman–Crippen LogP) is 1.38. The number of esters is 1. The van der Waals surface area contributed by atoms with Crippen molar-refractivity contribution in [3.05, 3.63) is 58.3 Å². The Morgan fingerprint density at radius 2 is 1.88 bits per heavy atom. The van der Waals surface area contributed by atoms with Gasteiger partial charge in [0, 0.05) is 6.42 Å². The first kappa shape index (κ1) is 17.7. The van der Waals surface area contributed by atoms with Crippen LogP contribution in [0.3, 0.4) is 0 Å². The Kier molecular flexibility index (Phi) is 6.51. The molecule has 0 fully saturated rings. The number of hydrogen-bond donors (Lipinski definition) is 2. The second-order valence-electron chi connectivity index (χ2n) is 4.99. The molecule has 1 unspecified atom stereocenters. The third-order valence-corrected chi connectivity index (χ3v) is 4.15. The number of thiophene rings is 1. The summed E-state index contributed by atoms with van der Waals surface area (Å²) in [5, 5.41) is 6.99. The van der Waals surface area contributed by atoms with Gasteiger partial charge in [-0.3, -0.25) is 14.4 Å². The van der Waals surface area contributed by atoms with Crippen LogP contribution in [0.4, 0.5) is 0 Å². The highest BCUT2D eigenvalue weighted by atomic mass is 32.1. The molecular weight excluding hydrogens is 328 g/mol. The molecular formula is C17H18N2O4S. The lowest BCUT2D eigenvalue weighted by molar-refractivity contribution is -0.141. The van der Waals surface area contributed by atoms with Crippen LogP contribution in [-0.4, -0.2) is 37.5 Å². The van der Waals surface area contributed by atoms with E-state index in [1.54, 1.807) is 17.5 Å². The molecule has 0 saturated heterocycles. The summed E-state index contributed by atoms with van der Waals surface area (Å²) in [7, 11) is 1.24. The summed E-state index contributed by atoms with van der Waals surface area (Å²) in [6.07, 6.45) is 0.324. The number of hydrogen-bond acceptors (Lipinski definition) is 5. The smallest absolute Gasteiger partial charge is 0.325 e. The van der Waals surface area contributed by atoms with Crippen molar-refractivity contribution in [2.24, 2.45) is 0 Å². The molecule has 1 atom stereocenters. The molecule has 2 N–H and O–H groups in total. The van der Waals surface area contributed by atoms with Gasteiger partial charge in [-0.05, 0) is 17.0 Å². The lowest BCUT2D eigenvalue weighted by atomic mass is 10.1. The van der Waals surface area contributed by atoms with Crippen LogP contribution in [0.15, 0.2) is 47.8 Å². The van der Waals surface area contributed by atoms with Gasteiger partial charge in [-0.1, -0.05) is 36.4 Å². The average molecular weight is 346 g/mol. The van der Waals surface area contributed by atoms with E-state index in [4.69, 9.17) is 0 Å². The van der Waals surface area contributed by atoms with Crippen molar-refractivity contribution < 1.29 is 19.1 Å². The standard InChI is InChI=1S/C17H18N2O4S/c1-23-15(20)11-18-16(21)13(10-12-6-3-2-4-7-12)19-17(22)14-8-5-9-24-14/h2-9,13H,10-11H2,1H3,(H,18,21)(H,19,22). The molecule has 2 aromatic rings. The molecule has 0 bridgehead atoms. The zero-order chi connectivity index (χ0) is 17.4. The SMILES string of the molecule is COC(=O)CNC(=O)C(Cc1ccccc1)NC(=O)c1cccs1. The fraction of sp³-hybridized carbons (Fsp3) is 0.235. The lowest BCUT2D eigenvalue weighted by Crippen LogP contribution is -2.49. The van der Waals surface area contributed by atoms with E-state index in [0.717, 1.165) is 5.56 Å². The number of rotatable bonds is 7. The summed E-state index contributed by atoms with van der Waals surface area (Å²) in [5.74, 6) is -1.31. The normalized spacial score (nSPS) is 11.4. The molecule has 2 amide bonds. The predicted molar refractivity (Wildman–Crippen MR) is 90.7 cm³/mol. The fourth-order valence-corrected chi connectivity index (χ4v) is 2.68. The first-order chi connectivity index (χ1) is 11.6. The van der Waals surface area contributed by atoms with Crippen LogP contribution in [0.5, 0.6) is 0 Å². The summed E-state index contributed by atoms with van der Waals surface area (Å²) in [4.78, 5) is 36.3. The van der Waals surface area contributed by atoms with Gasteiger partial charge in [-0.2, -0.15) is 0 Å². The number of amides is 2. The molecule has 1 aromatic heterocycles. The maximum Gasteiger partial charge on any atom is 0.325 e. The second-order valence-corrected chi connectivity index (χ2v) is 5.93. The van der Waals surface area contributed by atoms with Crippen LogP contribution in [0, 0.1) is 0 Å². The Balaban J connectivity index is 2.06. The van der Waals surface area contributed by atoms with Crippen molar-refractivity contribution in [2.75, 3.05) is 13.7 Å². The van der Waals surface area contributed by atoms with Gasteiger partial charge in [-0.15, -0.1) is 11.3 Å². The van der Waals surface area contributed by atoms with Crippen molar-refractivity contribution in [3.8, 4) is 0 Å². The molecule has 1 aromatic carbocycles. The van der Waals surface area contributed by atoms with Gasteiger partial charge in [0.15, 0.2) is 0 Å². The number of carbonyl (C=O) groups is 3. The van der Waals surface area contributed by atoms with E-state index in [9.17, 15) is 14.4 Å². The fourth-order valence-electron chi connectivity index (χ4n) is 2.05. The number of methoxy groups -OCH3 is 1. The van der Waals surface area contributed by atoms with Gasteiger partial charge in [0.2, 0.25) is 5.91 Å².